The van der Waals surface area contributed by atoms with Gasteiger partial charge < -0.3 is 9.84 Å². The molecule has 0 unspecified atom stereocenters. The lowest BCUT2D eigenvalue weighted by molar-refractivity contribution is -0.137. The quantitative estimate of drug-likeness (QED) is 0.671. The number of carbonyl (C=O) groups is 1. The molecule has 2 aliphatic heterocycles. The molecule has 6 heteroatoms. The van der Waals surface area contributed by atoms with Gasteiger partial charge in [0.2, 0.25) is 0 Å². The number of rotatable bonds is 2. The van der Waals surface area contributed by atoms with E-state index >= 15 is 0 Å². The summed E-state index contributed by atoms with van der Waals surface area (Å²) in [6, 6.07) is 9.27. The monoisotopic (exact) mass is 428 g/mol. The Bertz CT molecular complexity index is 1110. The number of alkyl halides is 3. The number of Topliss-reactive ketones (excluding diaryl/α,β-unsaturated/α-hetero) is 1. The molecule has 2 bridgehead atoms. The third-order valence-corrected chi connectivity index (χ3v) is 7.05. The molecule has 0 spiro atoms. The van der Waals surface area contributed by atoms with Crippen molar-refractivity contribution in [1.82, 2.24) is 0 Å². The van der Waals surface area contributed by atoms with E-state index < -0.39 is 35.8 Å². The first-order chi connectivity index (χ1) is 14.6. The summed E-state index contributed by atoms with van der Waals surface area (Å²) >= 11 is 0. The van der Waals surface area contributed by atoms with Gasteiger partial charge in [0.25, 0.3) is 0 Å². The van der Waals surface area contributed by atoms with Crippen molar-refractivity contribution in [3.05, 3.63) is 75.5 Å². The lowest BCUT2D eigenvalue weighted by Crippen LogP contribution is -2.33. The maximum Gasteiger partial charge on any atom is 0.416 e. The lowest BCUT2D eigenvalue weighted by atomic mass is 9.72. The molecule has 0 amide bonds. The molecule has 0 radical (unpaired) electrons. The van der Waals surface area contributed by atoms with Crippen molar-refractivity contribution < 1.29 is 27.8 Å². The van der Waals surface area contributed by atoms with Crippen molar-refractivity contribution in [2.45, 2.75) is 51.5 Å². The van der Waals surface area contributed by atoms with E-state index in [1.165, 1.54) is 6.07 Å². The van der Waals surface area contributed by atoms with E-state index in [1.54, 1.807) is 6.07 Å². The second-order valence-corrected chi connectivity index (χ2v) is 9.05. The van der Waals surface area contributed by atoms with Crippen LogP contribution in [0.15, 0.2) is 42.2 Å². The fourth-order valence-corrected chi connectivity index (χ4v) is 5.95. The van der Waals surface area contributed by atoms with Gasteiger partial charge in [-0.3, -0.25) is 4.79 Å². The molecule has 3 aliphatic rings. The fraction of sp³-hybridized carbons (Fsp3) is 0.400. The van der Waals surface area contributed by atoms with E-state index in [1.807, 2.05) is 32.9 Å². The zero-order valence-electron chi connectivity index (χ0n) is 17.5. The minimum atomic E-state index is -4.42. The Morgan fingerprint density at radius 2 is 1.71 bits per heavy atom. The van der Waals surface area contributed by atoms with E-state index in [2.05, 4.69) is 0 Å². The number of halogens is 3. The van der Waals surface area contributed by atoms with Crippen LogP contribution in [-0.2, 0) is 15.7 Å². The highest BCUT2D eigenvalue weighted by Gasteiger charge is 2.62. The van der Waals surface area contributed by atoms with Gasteiger partial charge in [0.15, 0.2) is 5.78 Å². The third-order valence-electron chi connectivity index (χ3n) is 7.05. The van der Waals surface area contributed by atoms with Gasteiger partial charge in [-0.25, -0.2) is 0 Å². The normalized spacial score (nSPS) is 29.7. The number of ether oxygens (including phenoxy) is 1. The highest BCUT2D eigenvalue weighted by atomic mass is 19.4. The number of aryl methyl sites for hydroxylation is 3. The average Bonchev–Trinajstić information content (AvgIpc) is 3.34. The van der Waals surface area contributed by atoms with Crippen LogP contribution in [0.5, 0.6) is 0 Å². The van der Waals surface area contributed by atoms with Gasteiger partial charge in [0.05, 0.1) is 35.2 Å². The Morgan fingerprint density at radius 1 is 1.03 bits per heavy atom. The van der Waals surface area contributed by atoms with Crippen molar-refractivity contribution in [3.8, 4) is 0 Å². The van der Waals surface area contributed by atoms with Gasteiger partial charge in [-0.2, -0.15) is 13.2 Å². The van der Waals surface area contributed by atoms with E-state index in [4.69, 9.17) is 4.74 Å². The maximum atomic E-state index is 13.4. The van der Waals surface area contributed by atoms with Crippen LogP contribution in [0.4, 0.5) is 13.2 Å². The van der Waals surface area contributed by atoms with E-state index in [-0.39, 0.29) is 17.5 Å². The third kappa shape index (κ3) is 2.95. The summed E-state index contributed by atoms with van der Waals surface area (Å²) in [6.07, 6.45) is -4.85. The van der Waals surface area contributed by atoms with E-state index in [0.717, 1.165) is 34.4 Å². The molecule has 2 fully saturated rings. The molecule has 5 rings (SSSR count). The van der Waals surface area contributed by atoms with Crippen LogP contribution < -0.4 is 0 Å². The zero-order valence-corrected chi connectivity index (χ0v) is 17.5. The topological polar surface area (TPSA) is 46.5 Å². The van der Waals surface area contributed by atoms with Gasteiger partial charge in [-0.05, 0) is 55.5 Å². The van der Waals surface area contributed by atoms with Crippen molar-refractivity contribution in [2.75, 3.05) is 0 Å². The summed E-state index contributed by atoms with van der Waals surface area (Å²) in [5, 5.41) is 11.2. The Labute approximate surface area is 178 Å². The zero-order chi connectivity index (χ0) is 22.2. The molecular weight excluding hydrogens is 405 g/mol. The summed E-state index contributed by atoms with van der Waals surface area (Å²) in [5.41, 5.74) is 3.89. The molecule has 0 aromatic heterocycles. The van der Waals surface area contributed by atoms with Crippen LogP contribution in [0.2, 0.25) is 0 Å². The molecule has 31 heavy (non-hydrogen) atoms. The van der Waals surface area contributed by atoms with Crippen LogP contribution in [0.1, 0.15) is 45.7 Å². The molecule has 0 saturated carbocycles. The standard InChI is InChI=1S/C25H23F3O3/c1-11-7-12(2)18(13(3)8-11)20-22(29)19-17-10-16(24(31-17)21(19)23(20)30)14-5-4-6-15(9-14)25(26,27)28/h4-9,16-17,19,21,24,30H,10H2,1-3H3/t16-,17-,19-,21+,24+/m0/s1. The van der Waals surface area contributed by atoms with Crippen LogP contribution >= 0.6 is 0 Å². The van der Waals surface area contributed by atoms with E-state index in [0.29, 0.717) is 17.6 Å². The van der Waals surface area contributed by atoms with Crippen molar-refractivity contribution >= 4 is 11.4 Å². The molecule has 5 atom stereocenters. The number of benzene rings is 2. The molecule has 3 nitrogen and oxygen atoms in total. The summed E-state index contributed by atoms with van der Waals surface area (Å²) in [7, 11) is 0. The second-order valence-electron chi connectivity index (χ2n) is 9.05. The first-order valence-electron chi connectivity index (χ1n) is 10.5. The molecule has 2 aromatic carbocycles. The predicted octanol–water partition coefficient (Wildman–Crippen LogP) is 5.67. The predicted molar refractivity (Wildman–Crippen MR) is 110 cm³/mol. The molecule has 2 aromatic rings. The summed E-state index contributed by atoms with van der Waals surface area (Å²) in [5.74, 6) is -1.37. The number of allylic oxidation sites excluding steroid dienone is 1. The van der Waals surface area contributed by atoms with Gasteiger partial charge >= 0.3 is 6.18 Å². The first kappa shape index (κ1) is 20.3. The fourth-order valence-electron chi connectivity index (χ4n) is 5.95. The molecule has 1 N–H and O–H groups in total. The molecule has 2 saturated heterocycles. The number of ketones is 1. The lowest BCUT2D eigenvalue weighted by Gasteiger charge is -2.28. The van der Waals surface area contributed by atoms with Gasteiger partial charge in [0.1, 0.15) is 5.76 Å². The van der Waals surface area contributed by atoms with Gasteiger partial charge in [-0.1, -0.05) is 35.9 Å². The molecular formula is C25H23F3O3. The van der Waals surface area contributed by atoms with Crippen LogP contribution in [-0.4, -0.2) is 23.1 Å². The van der Waals surface area contributed by atoms with Gasteiger partial charge in [-0.15, -0.1) is 0 Å². The van der Waals surface area contributed by atoms with E-state index in [9.17, 15) is 23.1 Å². The largest absolute Gasteiger partial charge is 0.511 e. The SMILES string of the molecule is Cc1cc(C)c(C2=C(O)[C@@H]3[C@@H]4O[C@@H](C[C@H]4c4cccc(C(F)(F)F)c4)[C@@H]3C2=O)c(C)c1. The maximum absolute atomic E-state index is 13.4. The summed E-state index contributed by atoms with van der Waals surface area (Å²) in [4.78, 5) is 13.4. The molecule has 162 valence electrons. The summed E-state index contributed by atoms with van der Waals surface area (Å²) < 4.78 is 45.6. The first-order valence-corrected chi connectivity index (χ1v) is 10.5. The average molecular weight is 428 g/mol. The molecule has 2 heterocycles. The minimum Gasteiger partial charge on any atom is -0.511 e. The highest BCUT2D eigenvalue weighted by molar-refractivity contribution is 6.26. The number of hydrogen-bond acceptors (Lipinski definition) is 3. The number of carbonyl (C=O) groups excluding carboxylic acids is 1. The Morgan fingerprint density at radius 3 is 2.35 bits per heavy atom. The number of fused-ring (bicyclic) bond motifs is 5. The van der Waals surface area contributed by atoms with Gasteiger partial charge in [0, 0.05) is 5.92 Å². The summed E-state index contributed by atoms with van der Waals surface area (Å²) in [6.45, 7) is 5.83. The van der Waals surface area contributed by atoms with Crippen molar-refractivity contribution in [1.29, 1.82) is 0 Å². The number of hydrogen-bond donors (Lipinski definition) is 1. The Balaban J connectivity index is 1.55. The second kappa shape index (κ2) is 6.70. The van der Waals surface area contributed by atoms with Crippen LogP contribution in [0.25, 0.3) is 5.57 Å². The van der Waals surface area contributed by atoms with Crippen molar-refractivity contribution in [2.24, 2.45) is 11.8 Å². The smallest absolute Gasteiger partial charge is 0.416 e. The van der Waals surface area contributed by atoms with Crippen molar-refractivity contribution in [3.63, 3.8) is 0 Å². The highest BCUT2D eigenvalue weighted by Crippen LogP contribution is 2.58. The molecule has 1 aliphatic carbocycles. The van der Waals surface area contributed by atoms with Crippen LogP contribution in [0.3, 0.4) is 0 Å². The number of aliphatic hydroxyl groups is 1. The number of aliphatic hydroxyl groups excluding tert-OH is 1. The Hall–Kier alpha value is -2.60. The van der Waals surface area contributed by atoms with Crippen LogP contribution in [0, 0.1) is 32.6 Å². The minimum absolute atomic E-state index is 0.0224. The Kier molecular flexibility index (Phi) is 4.39.